The number of benzene rings is 2. The van der Waals surface area contributed by atoms with Crippen molar-refractivity contribution in [2.45, 2.75) is 20.0 Å². The molecule has 3 amide bonds. The molecule has 3 rings (SSSR count). The van der Waals surface area contributed by atoms with E-state index in [1.165, 1.54) is 37.5 Å². The van der Waals surface area contributed by atoms with Crippen molar-refractivity contribution in [3.05, 3.63) is 64.9 Å². The first-order valence-electron chi connectivity index (χ1n) is 9.99. The minimum atomic E-state index is -0.849. The summed E-state index contributed by atoms with van der Waals surface area (Å²) in [5.41, 5.74) is 2.36. The zero-order valence-electron chi connectivity index (χ0n) is 18.3. The number of anilines is 2. The number of hydrogen-bond donors (Lipinski definition) is 3. The van der Waals surface area contributed by atoms with Crippen LogP contribution in [0.2, 0.25) is 0 Å². The quantitative estimate of drug-likeness (QED) is 0.457. The Kier molecular flexibility index (Phi) is 7.86. The number of nitrogens with zero attached hydrogens (tertiary/aromatic N) is 1. The third kappa shape index (κ3) is 6.43. The molecule has 8 nitrogen and oxygen atoms in total. The molecule has 0 saturated heterocycles. The minimum Gasteiger partial charge on any atom is -0.374 e. The van der Waals surface area contributed by atoms with Crippen LogP contribution in [-0.2, 0) is 19.1 Å². The molecule has 0 aliphatic rings. The second-order valence-electron chi connectivity index (χ2n) is 7.13. The van der Waals surface area contributed by atoms with Crippen molar-refractivity contribution in [3.8, 4) is 10.6 Å². The van der Waals surface area contributed by atoms with Crippen molar-refractivity contribution in [1.82, 2.24) is 10.3 Å². The molecule has 0 aliphatic carbocycles. The van der Waals surface area contributed by atoms with E-state index in [1.54, 1.807) is 36.4 Å². The summed E-state index contributed by atoms with van der Waals surface area (Å²) < 4.78 is 18.7. The van der Waals surface area contributed by atoms with E-state index in [2.05, 4.69) is 20.9 Å². The molecule has 1 atom stereocenters. The van der Waals surface area contributed by atoms with Crippen molar-refractivity contribution < 1.29 is 23.5 Å². The summed E-state index contributed by atoms with van der Waals surface area (Å²) in [6.07, 6.45) is -0.517. The summed E-state index contributed by atoms with van der Waals surface area (Å²) in [6, 6.07) is 12.5. The topological polar surface area (TPSA) is 109 Å². The number of hydrogen-bond acceptors (Lipinski definition) is 6. The fourth-order valence-corrected chi connectivity index (χ4v) is 4.19. The van der Waals surface area contributed by atoms with E-state index in [0.29, 0.717) is 16.4 Å². The van der Waals surface area contributed by atoms with Crippen LogP contribution in [0.5, 0.6) is 0 Å². The third-order valence-electron chi connectivity index (χ3n) is 4.60. The molecule has 172 valence electrons. The van der Waals surface area contributed by atoms with Crippen molar-refractivity contribution in [2.75, 3.05) is 24.3 Å². The highest BCUT2D eigenvalue weighted by atomic mass is 32.1. The van der Waals surface area contributed by atoms with E-state index in [4.69, 9.17) is 4.74 Å². The van der Waals surface area contributed by atoms with E-state index in [0.717, 1.165) is 16.1 Å². The summed E-state index contributed by atoms with van der Waals surface area (Å²) in [6.45, 7) is 3.25. The van der Waals surface area contributed by atoms with Gasteiger partial charge in [0.2, 0.25) is 5.91 Å². The van der Waals surface area contributed by atoms with Crippen LogP contribution in [0.3, 0.4) is 0 Å². The van der Waals surface area contributed by atoms with Gasteiger partial charge >= 0.3 is 11.8 Å². The lowest BCUT2D eigenvalue weighted by Gasteiger charge is -2.15. The van der Waals surface area contributed by atoms with Gasteiger partial charge in [0.05, 0.1) is 10.6 Å². The van der Waals surface area contributed by atoms with Crippen molar-refractivity contribution >= 4 is 40.4 Å². The molecule has 3 N–H and O–H groups in total. The second-order valence-corrected chi connectivity index (χ2v) is 8.16. The number of methoxy groups -OCH3 is 1. The average Bonchev–Trinajstić information content (AvgIpc) is 3.15. The first-order chi connectivity index (χ1) is 15.8. The first kappa shape index (κ1) is 24.0. The van der Waals surface area contributed by atoms with Crippen molar-refractivity contribution in [1.29, 1.82) is 0 Å². The lowest BCUT2D eigenvalue weighted by atomic mass is 10.2. The van der Waals surface area contributed by atoms with Crippen LogP contribution in [0, 0.1) is 12.7 Å². The molecule has 3 aromatic rings. The number of amides is 3. The molecule has 33 heavy (non-hydrogen) atoms. The highest BCUT2D eigenvalue weighted by molar-refractivity contribution is 7.15. The van der Waals surface area contributed by atoms with Crippen LogP contribution in [0.1, 0.15) is 23.6 Å². The molecular weight excluding hydrogens is 447 g/mol. The monoisotopic (exact) mass is 470 g/mol. The lowest BCUT2D eigenvalue weighted by molar-refractivity contribution is -0.136. The minimum absolute atomic E-state index is 0.0561. The number of ether oxygens (including phenoxy) is 1. The highest BCUT2D eigenvalue weighted by Crippen LogP contribution is 2.33. The van der Waals surface area contributed by atoms with Crippen molar-refractivity contribution in [3.63, 3.8) is 0 Å². The molecular formula is C23H23FN4O4S. The van der Waals surface area contributed by atoms with Gasteiger partial charge in [0.1, 0.15) is 16.9 Å². The molecule has 0 aliphatic heterocycles. The second kappa shape index (κ2) is 10.8. The first-order valence-corrected chi connectivity index (χ1v) is 10.8. The maximum atomic E-state index is 13.2. The van der Waals surface area contributed by atoms with Crippen LogP contribution >= 0.6 is 11.3 Å². The number of aromatic nitrogens is 1. The Bertz CT molecular complexity index is 1160. The Labute approximate surface area is 194 Å². The summed E-state index contributed by atoms with van der Waals surface area (Å²) >= 11 is 1.38. The van der Waals surface area contributed by atoms with E-state index in [1.807, 2.05) is 6.92 Å². The molecule has 0 fully saturated rings. The molecule has 0 bridgehead atoms. The smallest absolute Gasteiger partial charge is 0.313 e. The Morgan fingerprint density at radius 2 is 1.73 bits per heavy atom. The van der Waals surface area contributed by atoms with E-state index in [-0.39, 0.29) is 18.3 Å². The number of thiazole rings is 1. The number of aryl methyl sites for hydroxylation is 1. The average molecular weight is 471 g/mol. The maximum absolute atomic E-state index is 13.2. The third-order valence-corrected chi connectivity index (χ3v) is 5.89. The summed E-state index contributed by atoms with van der Waals surface area (Å²) in [4.78, 5) is 41.1. The predicted octanol–water partition coefficient (Wildman–Crippen LogP) is 3.66. The molecule has 1 heterocycles. The van der Waals surface area contributed by atoms with Crippen LogP contribution in [0.15, 0.2) is 48.5 Å². The van der Waals surface area contributed by atoms with Crippen LogP contribution in [0.4, 0.5) is 15.8 Å². The van der Waals surface area contributed by atoms with Gasteiger partial charge in [0, 0.05) is 37.5 Å². The van der Waals surface area contributed by atoms with Gasteiger partial charge in [-0.2, -0.15) is 0 Å². The van der Waals surface area contributed by atoms with Crippen LogP contribution < -0.4 is 16.0 Å². The Balaban J connectivity index is 1.62. The normalized spacial score (nSPS) is 11.5. The fourth-order valence-electron chi connectivity index (χ4n) is 3.04. The van der Waals surface area contributed by atoms with Crippen molar-refractivity contribution in [2.24, 2.45) is 0 Å². The number of nitrogens with one attached hydrogen (secondary N) is 3. The van der Waals surface area contributed by atoms with Gasteiger partial charge in [0.25, 0.3) is 0 Å². The molecule has 1 aromatic heterocycles. The molecule has 0 radical (unpaired) electrons. The number of halogens is 1. The molecule has 1 unspecified atom stereocenters. The van der Waals surface area contributed by atoms with Crippen LogP contribution in [0.25, 0.3) is 10.6 Å². The van der Waals surface area contributed by atoms with Gasteiger partial charge in [-0.15, -0.1) is 11.3 Å². The predicted molar refractivity (Wildman–Crippen MR) is 124 cm³/mol. The number of rotatable bonds is 7. The Morgan fingerprint density at radius 3 is 2.36 bits per heavy atom. The number of carbonyl (C=O) groups is 3. The summed E-state index contributed by atoms with van der Waals surface area (Å²) in [7, 11) is 1.50. The van der Waals surface area contributed by atoms with E-state index in [9.17, 15) is 18.8 Å². The Morgan fingerprint density at radius 1 is 1.06 bits per heavy atom. The Hall–Kier alpha value is -3.63. The largest absolute Gasteiger partial charge is 0.374 e. The van der Waals surface area contributed by atoms with Gasteiger partial charge in [-0.3, -0.25) is 14.4 Å². The zero-order chi connectivity index (χ0) is 24.0. The maximum Gasteiger partial charge on any atom is 0.313 e. The van der Waals surface area contributed by atoms with E-state index < -0.39 is 17.9 Å². The van der Waals surface area contributed by atoms with Gasteiger partial charge in [0.15, 0.2) is 0 Å². The lowest BCUT2D eigenvalue weighted by Crippen LogP contribution is -2.37. The molecule has 10 heteroatoms. The highest BCUT2D eigenvalue weighted by Gasteiger charge is 2.22. The van der Waals surface area contributed by atoms with Gasteiger partial charge < -0.3 is 20.7 Å². The van der Waals surface area contributed by atoms with Gasteiger partial charge in [-0.05, 0) is 49.4 Å². The molecule has 0 saturated carbocycles. The zero-order valence-corrected chi connectivity index (χ0v) is 19.1. The standard InChI is InChI=1S/C23H23FN4O4S/c1-13-20(33-23(26-13)15-7-9-16(24)10-8-15)19(32-3)12-25-21(30)22(31)28-18-6-4-5-17(11-18)27-14(2)29/h4-11,19H,12H2,1-3H3,(H,25,30)(H,27,29)(H,28,31). The van der Waals surface area contributed by atoms with Gasteiger partial charge in [-0.1, -0.05) is 6.07 Å². The van der Waals surface area contributed by atoms with E-state index >= 15 is 0 Å². The number of carbonyl (C=O) groups excluding carboxylic acids is 3. The SMILES string of the molecule is COC(CNC(=O)C(=O)Nc1cccc(NC(C)=O)c1)c1sc(-c2ccc(F)cc2)nc1C. The summed E-state index contributed by atoms with van der Waals surface area (Å²) in [5, 5.41) is 8.37. The fraction of sp³-hybridized carbons (Fsp3) is 0.217. The van der Waals surface area contributed by atoms with Gasteiger partial charge in [-0.25, -0.2) is 9.37 Å². The summed E-state index contributed by atoms with van der Waals surface area (Å²) in [5.74, 6) is -2.26. The van der Waals surface area contributed by atoms with Crippen LogP contribution in [-0.4, -0.2) is 36.4 Å². The molecule has 2 aromatic carbocycles. The molecule has 0 spiro atoms.